The van der Waals surface area contributed by atoms with Gasteiger partial charge in [-0.1, -0.05) is 6.58 Å². The van der Waals surface area contributed by atoms with Crippen LogP contribution in [0.4, 0.5) is 0 Å². The second kappa shape index (κ2) is 5.16. The molecular formula is C9H13NO4. The number of hydrogen-bond acceptors (Lipinski definition) is 4. The number of rotatable bonds is 5. The van der Waals surface area contributed by atoms with Gasteiger partial charge < -0.3 is 10.5 Å². The minimum absolute atomic E-state index is 0.00176. The third-order valence-electron chi connectivity index (χ3n) is 1.51. The molecule has 0 saturated carbocycles. The van der Waals surface area contributed by atoms with E-state index in [9.17, 15) is 14.4 Å². The minimum Gasteiger partial charge on any atom is -0.457 e. The molecule has 14 heavy (non-hydrogen) atoms. The van der Waals surface area contributed by atoms with Crippen LogP contribution in [0.2, 0.25) is 0 Å². The highest BCUT2D eigenvalue weighted by Crippen LogP contribution is 2.04. The van der Waals surface area contributed by atoms with Gasteiger partial charge in [0.15, 0.2) is 0 Å². The SMILES string of the molecule is C=C(C(N)=O)C(C)OC(=O)CC(C)=O. The number of carbonyl (C=O) groups is 3. The maximum absolute atomic E-state index is 11.0. The number of Topliss-reactive ketones (excluding diaryl/α,β-unsaturated/α-hetero) is 1. The van der Waals surface area contributed by atoms with E-state index in [0.29, 0.717) is 0 Å². The highest BCUT2D eigenvalue weighted by molar-refractivity contribution is 5.95. The van der Waals surface area contributed by atoms with Gasteiger partial charge in [0.2, 0.25) is 5.91 Å². The summed E-state index contributed by atoms with van der Waals surface area (Å²) in [4.78, 5) is 32.1. The highest BCUT2D eigenvalue weighted by Gasteiger charge is 2.17. The van der Waals surface area contributed by atoms with Gasteiger partial charge in [-0.3, -0.25) is 14.4 Å². The fraction of sp³-hybridized carbons (Fsp3) is 0.444. The van der Waals surface area contributed by atoms with Crippen molar-refractivity contribution in [3.05, 3.63) is 12.2 Å². The maximum Gasteiger partial charge on any atom is 0.313 e. The van der Waals surface area contributed by atoms with Crippen molar-refractivity contribution < 1.29 is 19.1 Å². The molecule has 0 heterocycles. The summed E-state index contributed by atoms with van der Waals surface area (Å²) in [5, 5.41) is 0. The van der Waals surface area contributed by atoms with E-state index in [1.807, 2.05) is 0 Å². The summed E-state index contributed by atoms with van der Waals surface area (Å²) in [6, 6.07) is 0. The molecule has 0 aromatic rings. The van der Waals surface area contributed by atoms with Crippen LogP contribution < -0.4 is 5.73 Å². The number of nitrogens with two attached hydrogens (primary N) is 1. The molecule has 0 rings (SSSR count). The lowest BCUT2D eigenvalue weighted by Gasteiger charge is -2.12. The van der Waals surface area contributed by atoms with Crippen molar-refractivity contribution in [1.29, 1.82) is 0 Å². The molecule has 2 N–H and O–H groups in total. The first-order chi connectivity index (χ1) is 6.34. The molecule has 0 aliphatic carbocycles. The molecular weight excluding hydrogens is 186 g/mol. The Hall–Kier alpha value is -1.65. The first kappa shape index (κ1) is 12.3. The van der Waals surface area contributed by atoms with Crippen LogP contribution in [0.5, 0.6) is 0 Å². The average molecular weight is 199 g/mol. The topological polar surface area (TPSA) is 86.5 Å². The highest BCUT2D eigenvalue weighted by atomic mass is 16.5. The fourth-order valence-corrected chi connectivity index (χ4v) is 0.714. The molecule has 0 aromatic heterocycles. The van der Waals surface area contributed by atoms with Gasteiger partial charge in [0.1, 0.15) is 18.3 Å². The molecule has 1 unspecified atom stereocenters. The summed E-state index contributed by atoms with van der Waals surface area (Å²) in [7, 11) is 0. The van der Waals surface area contributed by atoms with Crippen molar-refractivity contribution in [1.82, 2.24) is 0 Å². The molecule has 1 amide bonds. The van der Waals surface area contributed by atoms with Gasteiger partial charge in [-0.05, 0) is 13.8 Å². The standard InChI is InChI=1S/C9H13NO4/c1-5(11)4-8(12)14-7(3)6(2)9(10)13/h7H,2,4H2,1,3H3,(H2,10,13). The summed E-state index contributed by atoms with van der Waals surface area (Å²) in [5.74, 6) is -1.72. The van der Waals surface area contributed by atoms with Crippen LogP contribution in [0.1, 0.15) is 20.3 Å². The van der Waals surface area contributed by atoms with Crippen molar-refractivity contribution in [2.75, 3.05) is 0 Å². The lowest BCUT2D eigenvalue weighted by atomic mass is 10.2. The quantitative estimate of drug-likeness (QED) is 0.381. The van der Waals surface area contributed by atoms with Crippen LogP contribution >= 0.6 is 0 Å². The molecule has 5 nitrogen and oxygen atoms in total. The van der Waals surface area contributed by atoms with E-state index in [4.69, 9.17) is 10.5 Å². The number of ketones is 1. The van der Waals surface area contributed by atoms with Crippen LogP contribution in [-0.2, 0) is 19.1 Å². The number of amides is 1. The van der Waals surface area contributed by atoms with Gasteiger partial charge in [0.05, 0.1) is 0 Å². The van der Waals surface area contributed by atoms with Crippen LogP contribution in [-0.4, -0.2) is 23.8 Å². The van der Waals surface area contributed by atoms with Gasteiger partial charge >= 0.3 is 5.97 Å². The average Bonchev–Trinajstić information content (AvgIpc) is 2.00. The van der Waals surface area contributed by atoms with Crippen molar-refractivity contribution >= 4 is 17.7 Å². The van der Waals surface area contributed by atoms with Crippen molar-refractivity contribution in [3.63, 3.8) is 0 Å². The molecule has 5 heteroatoms. The third kappa shape index (κ3) is 4.39. The Bertz CT molecular complexity index is 283. The summed E-state index contributed by atoms with van der Waals surface area (Å²) < 4.78 is 4.72. The molecule has 1 atom stereocenters. The molecule has 0 aliphatic heterocycles. The van der Waals surface area contributed by atoms with Crippen LogP contribution in [0.25, 0.3) is 0 Å². The monoisotopic (exact) mass is 199 g/mol. The summed E-state index contributed by atoms with van der Waals surface area (Å²) in [6.45, 7) is 6.09. The maximum atomic E-state index is 11.0. The number of primary amides is 1. The normalized spacial score (nSPS) is 11.6. The predicted octanol–water partition coefficient (Wildman–Crippen LogP) is -0.0613. The van der Waals surface area contributed by atoms with Gasteiger partial charge in [-0.25, -0.2) is 0 Å². The molecule has 0 aromatic carbocycles. The lowest BCUT2D eigenvalue weighted by molar-refractivity contribution is -0.148. The van der Waals surface area contributed by atoms with Crippen molar-refractivity contribution in [2.45, 2.75) is 26.4 Å². The van der Waals surface area contributed by atoms with Gasteiger partial charge in [0, 0.05) is 5.57 Å². The molecule has 0 fully saturated rings. The number of hydrogen-bond donors (Lipinski definition) is 1. The number of esters is 1. The van der Waals surface area contributed by atoms with E-state index in [2.05, 4.69) is 6.58 Å². The van der Waals surface area contributed by atoms with Crippen LogP contribution in [0, 0.1) is 0 Å². The Morgan fingerprint density at radius 3 is 2.29 bits per heavy atom. The summed E-state index contributed by atoms with van der Waals surface area (Å²) >= 11 is 0. The molecule has 78 valence electrons. The fourth-order valence-electron chi connectivity index (χ4n) is 0.714. The second-order valence-electron chi connectivity index (χ2n) is 2.90. The second-order valence-corrected chi connectivity index (χ2v) is 2.90. The van der Waals surface area contributed by atoms with E-state index >= 15 is 0 Å². The lowest BCUT2D eigenvalue weighted by Crippen LogP contribution is -2.26. The van der Waals surface area contributed by atoms with E-state index in [1.54, 1.807) is 0 Å². The Morgan fingerprint density at radius 1 is 1.43 bits per heavy atom. The first-order valence-corrected chi connectivity index (χ1v) is 4.02. The van der Waals surface area contributed by atoms with Crippen molar-refractivity contribution in [2.24, 2.45) is 5.73 Å². The Balaban J connectivity index is 4.12. The largest absolute Gasteiger partial charge is 0.457 e. The molecule has 0 aliphatic rings. The zero-order valence-electron chi connectivity index (χ0n) is 8.20. The smallest absolute Gasteiger partial charge is 0.313 e. The van der Waals surface area contributed by atoms with Crippen LogP contribution in [0.15, 0.2) is 12.2 Å². The van der Waals surface area contributed by atoms with E-state index in [1.165, 1.54) is 13.8 Å². The summed E-state index contributed by atoms with van der Waals surface area (Å²) in [6.07, 6.45) is -1.10. The zero-order chi connectivity index (χ0) is 11.3. The number of ether oxygens (including phenoxy) is 1. The van der Waals surface area contributed by atoms with E-state index in [-0.39, 0.29) is 17.8 Å². The van der Waals surface area contributed by atoms with Crippen LogP contribution in [0.3, 0.4) is 0 Å². The Morgan fingerprint density at radius 2 is 1.93 bits per heavy atom. The third-order valence-corrected chi connectivity index (χ3v) is 1.51. The minimum atomic E-state index is -0.792. The Labute approximate surface area is 81.9 Å². The molecule has 0 bridgehead atoms. The van der Waals surface area contributed by atoms with Crippen molar-refractivity contribution in [3.8, 4) is 0 Å². The molecule has 0 spiro atoms. The molecule has 0 radical (unpaired) electrons. The van der Waals surface area contributed by atoms with Gasteiger partial charge in [0.25, 0.3) is 0 Å². The number of carbonyl (C=O) groups excluding carboxylic acids is 3. The van der Waals surface area contributed by atoms with Gasteiger partial charge in [-0.2, -0.15) is 0 Å². The molecule has 0 saturated heterocycles. The van der Waals surface area contributed by atoms with Gasteiger partial charge in [-0.15, -0.1) is 0 Å². The first-order valence-electron chi connectivity index (χ1n) is 4.02. The Kier molecular flexibility index (Phi) is 4.55. The van der Waals surface area contributed by atoms with E-state index in [0.717, 1.165) is 0 Å². The predicted molar refractivity (Wildman–Crippen MR) is 49.2 cm³/mol. The zero-order valence-corrected chi connectivity index (χ0v) is 8.20. The summed E-state index contributed by atoms with van der Waals surface area (Å²) in [5.41, 5.74) is 4.92. The van der Waals surface area contributed by atoms with E-state index < -0.39 is 18.0 Å².